The van der Waals surface area contributed by atoms with Gasteiger partial charge in [0.2, 0.25) is 11.8 Å². The van der Waals surface area contributed by atoms with E-state index in [-0.39, 0.29) is 0 Å². The summed E-state index contributed by atoms with van der Waals surface area (Å²) in [6.45, 7) is -2.46. The van der Waals surface area contributed by atoms with Crippen LogP contribution in [0.4, 0.5) is 0 Å². The van der Waals surface area contributed by atoms with Crippen LogP contribution >= 0.6 is 0 Å². The number of nitrogens with two attached hydrogens (primary N) is 1. The fourth-order valence-electron chi connectivity index (χ4n) is 10.1. The standard InChI is InChI=1S/C43H73N3O33/c1-10-21(56)25(60)36(79-44)41(68-10)76-35-26(61)23(58)15(6-48)71-40(35)75-32-20(46-12(3)53)38(70-16(7-49)24(32)59)74-31-18(9-51)72-39(73-30-17(8-50)69-37(65)28(63)27(30)62)29(64)34(31)78-43(42(66)67)4-13(54)19(45-11(2)52)33(77-43)22(57)14(55)5-47/h10,13-41,47-51,54-65H,4-9,44H2,1-3H3,(H,45,52)(H,46,53)(H,66,67)/t10-,13-,14+,15+,16+,17+,18+,19+,20+,21+,22+,23-,24-,25+,26-,27+,28+,29+,30+,31-,32+,33+,34+,35+,36-,37-,38-,39-,40-,41-,43-/m0/s1. The molecule has 0 aliphatic carbocycles. The van der Waals surface area contributed by atoms with Gasteiger partial charge in [-0.2, -0.15) is 0 Å². The van der Waals surface area contributed by atoms with Crippen LogP contribution in [0.1, 0.15) is 27.2 Å². The number of hydrogen-bond acceptors (Lipinski definition) is 33. The normalized spacial score (nSPS) is 47.7. The maximum Gasteiger partial charge on any atom is 0.364 e. The highest BCUT2D eigenvalue weighted by molar-refractivity contribution is 5.76. The zero-order valence-corrected chi connectivity index (χ0v) is 42.3. The first-order valence-electron chi connectivity index (χ1n) is 24.8. The minimum absolute atomic E-state index is 0.878. The first kappa shape index (κ1) is 65.4. The Labute approximate surface area is 447 Å². The molecule has 6 aliphatic heterocycles. The molecule has 6 aliphatic rings. The molecule has 6 fully saturated rings. The zero-order chi connectivity index (χ0) is 58.7. The van der Waals surface area contributed by atoms with Crippen molar-refractivity contribution in [3.05, 3.63) is 0 Å². The zero-order valence-electron chi connectivity index (χ0n) is 42.3. The second kappa shape index (κ2) is 27.7. The lowest BCUT2D eigenvalue weighted by molar-refractivity contribution is -0.405. The number of aliphatic carboxylic acids is 1. The molecule has 36 heteroatoms. The Morgan fingerprint density at radius 3 is 1.62 bits per heavy atom. The van der Waals surface area contributed by atoms with Gasteiger partial charge >= 0.3 is 5.97 Å². The largest absolute Gasteiger partial charge is 0.477 e. The van der Waals surface area contributed by atoms with E-state index >= 15 is 0 Å². The van der Waals surface area contributed by atoms with Gasteiger partial charge in [-0.25, -0.2) is 10.7 Å². The molecule has 0 radical (unpaired) electrons. The summed E-state index contributed by atoms with van der Waals surface area (Å²) < 4.78 is 64.4. The summed E-state index contributed by atoms with van der Waals surface area (Å²) in [4.78, 5) is 43.7. The number of ether oxygens (including phenoxy) is 11. The number of nitrogens with one attached hydrogen (secondary N) is 2. The van der Waals surface area contributed by atoms with E-state index in [1.54, 1.807) is 0 Å². The van der Waals surface area contributed by atoms with Crippen LogP contribution in [0, 0.1) is 0 Å². The van der Waals surface area contributed by atoms with Crippen molar-refractivity contribution in [3.63, 3.8) is 0 Å². The number of rotatable bonds is 21. The van der Waals surface area contributed by atoms with Gasteiger partial charge in [-0.1, -0.05) is 0 Å². The molecule has 0 aromatic carbocycles. The molecular formula is C43H73N3O33. The predicted octanol–water partition coefficient (Wildman–Crippen LogP) is -13.7. The van der Waals surface area contributed by atoms with Crippen molar-refractivity contribution in [1.29, 1.82) is 0 Å². The monoisotopic (exact) mass is 1160 g/mol. The molecule has 6 rings (SSSR count). The Hall–Kier alpha value is -2.79. The number of hydrogen-bond donors (Lipinski definition) is 21. The SMILES string of the molecule is CC(=O)N[C@H]1[C@H](O[C@@H]2[C@H](O[C@]3(C(=O)O)C[C@H](O)[C@@H](NC(C)=O)[C@H]([C@H](O)[C@H](O)CO)O3)[C@@H](O)[C@H](O[C@H]3[C@H](O)[C@@H](O)[C@@H](O)O[C@@H]3CO)O[C@@H]2CO)O[C@H](CO)[C@H](O)[C@@H]1O[C@@H]1O[C@H](CO)[C@H](O)[C@H](O)[C@H]1O[C@@H]1O[C@@H](C)[C@@H](O)[C@@H](O)[C@@H]1ON. The van der Waals surface area contributed by atoms with Crippen LogP contribution in [-0.2, 0) is 71.3 Å². The summed E-state index contributed by atoms with van der Waals surface area (Å²) >= 11 is 0. The van der Waals surface area contributed by atoms with Crippen LogP contribution < -0.4 is 16.5 Å². The number of carbonyl (C=O) groups is 3. The van der Waals surface area contributed by atoms with Crippen LogP contribution in [0.5, 0.6) is 0 Å². The van der Waals surface area contributed by atoms with Crippen molar-refractivity contribution in [2.75, 3.05) is 33.0 Å². The van der Waals surface area contributed by atoms with Crippen LogP contribution in [0.3, 0.4) is 0 Å². The van der Waals surface area contributed by atoms with Crippen LogP contribution in [-0.4, -0.2) is 332 Å². The number of aliphatic hydroxyl groups excluding tert-OH is 17. The average molecular weight is 1160 g/mol. The molecule has 6 saturated heterocycles. The van der Waals surface area contributed by atoms with Gasteiger partial charge in [0.05, 0.1) is 51.3 Å². The summed E-state index contributed by atoms with van der Waals surface area (Å²) in [7, 11) is 0. The van der Waals surface area contributed by atoms with E-state index in [1.807, 2.05) is 0 Å². The van der Waals surface area contributed by atoms with Gasteiger partial charge in [0.15, 0.2) is 37.6 Å². The van der Waals surface area contributed by atoms with Crippen molar-refractivity contribution in [3.8, 4) is 0 Å². The molecule has 458 valence electrons. The van der Waals surface area contributed by atoms with Crippen molar-refractivity contribution in [2.24, 2.45) is 5.90 Å². The van der Waals surface area contributed by atoms with Gasteiger partial charge < -0.3 is 155 Å². The van der Waals surface area contributed by atoms with Crippen LogP contribution in [0.2, 0.25) is 0 Å². The van der Waals surface area contributed by atoms with Gasteiger partial charge in [-0.3, -0.25) is 14.4 Å². The van der Waals surface area contributed by atoms with E-state index < -0.39 is 247 Å². The molecule has 0 bridgehead atoms. The van der Waals surface area contributed by atoms with E-state index in [1.165, 1.54) is 6.92 Å². The van der Waals surface area contributed by atoms with Gasteiger partial charge in [-0.15, -0.1) is 0 Å². The third kappa shape index (κ3) is 13.9. The third-order valence-electron chi connectivity index (χ3n) is 14.3. The molecule has 22 N–H and O–H groups in total. The van der Waals surface area contributed by atoms with Gasteiger partial charge in [0.1, 0.15) is 128 Å². The smallest absolute Gasteiger partial charge is 0.364 e. The molecule has 31 atom stereocenters. The van der Waals surface area contributed by atoms with Crippen molar-refractivity contribution in [1.82, 2.24) is 10.6 Å². The number of carboxylic acids is 1. The van der Waals surface area contributed by atoms with E-state index in [0.717, 1.165) is 13.8 Å². The molecule has 0 spiro atoms. The fraction of sp³-hybridized carbons (Fsp3) is 0.930. The number of carbonyl (C=O) groups excluding carboxylic acids is 2. The Morgan fingerprint density at radius 1 is 0.557 bits per heavy atom. The Kier molecular flexibility index (Phi) is 22.9. The maximum atomic E-state index is 13.6. The number of carboxylic acid groups (broad SMARTS) is 1. The van der Waals surface area contributed by atoms with E-state index in [4.69, 9.17) is 62.8 Å². The van der Waals surface area contributed by atoms with Crippen LogP contribution in [0.25, 0.3) is 0 Å². The Balaban J connectivity index is 1.43. The topological polar surface area (TPSA) is 576 Å². The maximum absolute atomic E-state index is 13.6. The molecule has 6 heterocycles. The van der Waals surface area contributed by atoms with Crippen molar-refractivity contribution >= 4 is 17.8 Å². The molecule has 0 aromatic rings. The minimum Gasteiger partial charge on any atom is -0.477 e. The number of aliphatic hydroxyl groups is 17. The second-order valence-electron chi connectivity index (χ2n) is 19.7. The summed E-state index contributed by atoms with van der Waals surface area (Å²) in [5.41, 5.74) is 0. The predicted molar refractivity (Wildman–Crippen MR) is 241 cm³/mol. The van der Waals surface area contributed by atoms with Crippen molar-refractivity contribution < 1.29 is 163 Å². The molecule has 36 nitrogen and oxygen atoms in total. The highest BCUT2D eigenvalue weighted by atomic mass is 16.8. The summed E-state index contributed by atoms with van der Waals surface area (Å²) in [5.74, 6) is -2.00. The molecular weight excluding hydrogens is 1090 g/mol. The third-order valence-corrected chi connectivity index (χ3v) is 14.3. The first-order valence-corrected chi connectivity index (χ1v) is 24.8. The average Bonchev–Trinajstić information content (AvgIpc) is 3.44. The van der Waals surface area contributed by atoms with Gasteiger partial charge in [-0.05, 0) is 6.92 Å². The molecule has 79 heavy (non-hydrogen) atoms. The van der Waals surface area contributed by atoms with Crippen LogP contribution in [0.15, 0.2) is 0 Å². The lowest BCUT2D eigenvalue weighted by Gasteiger charge is -2.53. The molecule has 2 amide bonds. The Bertz CT molecular complexity index is 1970. The summed E-state index contributed by atoms with van der Waals surface area (Å²) in [5, 5.41) is 199. The molecule has 0 aromatic heterocycles. The molecule has 0 saturated carbocycles. The lowest BCUT2D eigenvalue weighted by atomic mass is 9.88. The second-order valence-corrected chi connectivity index (χ2v) is 19.7. The quantitative estimate of drug-likeness (QED) is 0.0475. The van der Waals surface area contributed by atoms with E-state index in [0.29, 0.717) is 0 Å². The highest BCUT2D eigenvalue weighted by Crippen LogP contribution is 2.41. The lowest BCUT2D eigenvalue weighted by Crippen LogP contribution is -2.72. The summed E-state index contributed by atoms with van der Waals surface area (Å²) in [6.07, 6.45) is -58.1. The first-order chi connectivity index (χ1) is 37.2. The highest BCUT2D eigenvalue weighted by Gasteiger charge is 2.62. The van der Waals surface area contributed by atoms with E-state index in [9.17, 15) is 106 Å². The Morgan fingerprint density at radius 2 is 1.05 bits per heavy atom. The van der Waals surface area contributed by atoms with Gasteiger partial charge in [0.25, 0.3) is 5.79 Å². The minimum atomic E-state index is -3.38. The number of amides is 2. The fourth-order valence-corrected chi connectivity index (χ4v) is 10.1. The van der Waals surface area contributed by atoms with Crippen molar-refractivity contribution in [2.45, 2.75) is 217 Å². The summed E-state index contributed by atoms with van der Waals surface area (Å²) in [6, 6.07) is -3.74. The van der Waals surface area contributed by atoms with E-state index in [2.05, 4.69) is 10.6 Å². The molecule has 0 unspecified atom stereocenters. The van der Waals surface area contributed by atoms with Gasteiger partial charge in [0, 0.05) is 20.3 Å².